The molecule has 4 heterocycles. The van der Waals surface area contributed by atoms with Crippen LogP contribution in [0.1, 0.15) is 138 Å². The summed E-state index contributed by atoms with van der Waals surface area (Å²) in [5.41, 5.74) is 1.96. The van der Waals surface area contributed by atoms with Crippen molar-refractivity contribution in [3.8, 4) is 0 Å². The molecule has 4 aromatic rings. The molecule has 4 aromatic carbocycles. The number of benzene rings is 4. The van der Waals surface area contributed by atoms with E-state index >= 15 is 0 Å². The smallest absolute Gasteiger partial charge is 0.548 e. The van der Waals surface area contributed by atoms with Gasteiger partial charge in [0.05, 0.1) is 92.6 Å². The molecule has 20 nitrogen and oxygen atoms in total. The molecule has 4 atom stereocenters. The third-order valence-corrected chi connectivity index (χ3v) is 11.9. The third-order valence-electron chi connectivity index (χ3n) is 11.9. The van der Waals surface area contributed by atoms with Crippen molar-refractivity contribution in [2.24, 2.45) is 23.7 Å². The van der Waals surface area contributed by atoms with Crippen molar-refractivity contribution in [1.82, 2.24) is 19.6 Å². The van der Waals surface area contributed by atoms with Crippen LogP contribution in [-0.2, 0) is 58.1 Å². The maximum absolute atomic E-state index is 12.1. The quantitative estimate of drug-likeness (QED) is 0.135. The van der Waals surface area contributed by atoms with Crippen molar-refractivity contribution in [2.75, 3.05) is 0 Å². The molecule has 8 rings (SSSR count). The Hall–Kier alpha value is -7.43. The predicted molar refractivity (Wildman–Crippen MR) is 242 cm³/mol. The summed E-state index contributed by atoms with van der Waals surface area (Å²) < 4.78 is 0. The fourth-order valence-corrected chi connectivity index (χ4v) is 8.54. The Morgan fingerprint density at radius 3 is 0.473 bits per heavy atom. The average Bonchev–Trinajstić information content (AvgIpc) is 3.91. The summed E-state index contributed by atoms with van der Waals surface area (Å²) in [4.78, 5) is 144. The van der Waals surface area contributed by atoms with Crippen LogP contribution in [0.15, 0.2) is 97.1 Å². The summed E-state index contributed by atoms with van der Waals surface area (Å²) in [5.74, 6) is -11.9. The molecule has 0 N–H and O–H groups in total. The number of hydrogen-bond donors (Lipinski definition) is 0. The Balaban J connectivity index is 0.000000258. The first-order chi connectivity index (χ1) is 33.8. The van der Waals surface area contributed by atoms with E-state index in [1.165, 1.54) is 48.5 Å². The molecule has 4 unspecified atom stereocenters. The molecule has 0 saturated heterocycles. The van der Waals surface area contributed by atoms with Crippen molar-refractivity contribution < 1.29 is 117 Å². The zero-order valence-electron chi connectivity index (χ0n) is 40.8. The Labute approximate surface area is 450 Å². The van der Waals surface area contributed by atoms with Crippen molar-refractivity contribution in [3.05, 3.63) is 142 Å². The van der Waals surface area contributed by atoms with Gasteiger partial charge in [0.15, 0.2) is 0 Å². The number of amides is 8. The summed E-state index contributed by atoms with van der Waals surface area (Å²) >= 11 is 0. The number of nitrogens with zero attached hydrogens (tertiary/aromatic N) is 4. The van der Waals surface area contributed by atoms with Crippen LogP contribution in [0.5, 0.6) is 0 Å². The number of carboxylic acids is 4. The van der Waals surface area contributed by atoms with Crippen LogP contribution in [0, 0.1) is 23.7 Å². The molecule has 4 aliphatic heterocycles. The van der Waals surface area contributed by atoms with Gasteiger partial charge in [-0.2, -0.15) is 0 Å². The van der Waals surface area contributed by atoms with E-state index in [4.69, 9.17) is 0 Å². The van der Waals surface area contributed by atoms with E-state index in [0.717, 1.165) is 19.6 Å². The van der Waals surface area contributed by atoms with Crippen molar-refractivity contribution in [3.63, 3.8) is 0 Å². The molecule has 8 amide bonds. The van der Waals surface area contributed by atoms with E-state index in [1.54, 1.807) is 104 Å². The third kappa shape index (κ3) is 11.8. The normalized spacial score (nSPS) is 15.6. The molecule has 74 heavy (non-hydrogen) atoms. The number of rotatable bonds is 12. The van der Waals surface area contributed by atoms with Gasteiger partial charge in [-0.1, -0.05) is 104 Å². The van der Waals surface area contributed by atoms with Gasteiger partial charge in [0.25, 0.3) is 47.3 Å². The van der Waals surface area contributed by atoms with Crippen LogP contribution in [0.25, 0.3) is 0 Å². The Morgan fingerprint density at radius 2 is 0.392 bits per heavy atom. The molecular weight excluding hydrogens is 1140 g/mol. The number of hydrogen-bond acceptors (Lipinski definition) is 16. The number of aliphatic carboxylic acids is 4. The molecule has 0 aromatic heterocycles. The summed E-state index contributed by atoms with van der Waals surface area (Å²) in [5, 5.41) is 44.5. The minimum Gasteiger partial charge on any atom is -0.548 e. The van der Waals surface area contributed by atoms with Gasteiger partial charge >= 0.3 is 39.0 Å². The molecule has 0 aliphatic carbocycles. The van der Waals surface area contributed by atoms with Gasteiger partial charge in [-0.25, -0.2) is 0 Å². The number of carboxylic acid groups (broad SMARTS) is 4. The van der Waals surface area contributed by atoms with Gasteiger partial charge in [-0.15, -0.1) is 0 Å². The fourth-order valence-electron chi connectivity index (χ4n) is 8.54. The van der Waals surface area contributed by atoms with Gasteiger partial charge in [0.1, 0.15) is 0 Å². The number of imide groups is 4. The Kier molecular flexibility index (Phi) is 20.6. The van der Waals surface area contributed by atoms with E-state index in [9.17, 15) is 78.0 Å². The summed E-state index contributed by atoms with van der Waals surface area (Å²) in [6.07, 6.45) is 0. The standard InChI is InChI=1S/4C13H13NO4.2Rh/c4*1-7(2)10(13(17)18)14-11(15)8-5-3-4-6-9(8)12(14)16;;/h4*3-7,10H,1-2H3,(H,17,18);;/q;;;;2*+2/p-4. The summed E-state index contributed by atoms with van der Waals surface area (Å²) in [7, 11) is 0. The Bertz CT molecular complexity index is 2410. The van der Waals surface area contributed by atoms with Crippen molar-refractivity contribution in [2.45, 2.75) is 79.6 Å². The first-order valence-corrected chi connectivity index (χ1v) is 22.5. The number of carbonyl (C=O) groups is 12. The zero-order valence-corrected chi connectivity index (χ0v) is 44.1. The monoisotopic (exact) mass is 1190 g/mol. The molecule has 0 saturated carbocycles. The molecule has 4 aliphatic rings. The van der Waals surface area contributed by atoms with Crippen LogP contribution < -0.4 is 20.4 Å². The number of carbonyl (C=O) groups excluding carboxylic acids is 12. The van der Waals surface area contributed by atoms with Crippen LogP contribution in [0.2, 0.25) is 0 Å². The minimum atomic E-state index is -1.42. The van der Waals surface area contributed by atoms with Crippen LogP contribution in [-0.4, -0.2) is 115 Å². The minimum absolute atomic E-state index is 0. The van der Waals surface area contributed by atoms with E-state index in [-0.39, 0.29) is 83.5 Å². The molecule has 0 bridgehead atoms. The molecule has 390 valence electrons. The topological polar surface area (TPSA) is 310 Å². The maximum Gasteiger partial charge on any atom is 2.00 e. The van der Waals surface area contributed by atoms with Gasteiger partial charge in [-0.05, 0) is 72.2 Å². The van der Waals surface area contributed by atoms with E-state index < -0.39 is 119 Å². The van der Waals surface area contributed by atoms with Crippen LogP contribution in [0.3, 0.4) is 0 Å². The van der Waals surface area contributed by atoms with Crippen LogP contribution in [0.4, 0.5) is 0 Å². The summed E-state index contributed by atoms with van der Waals surface area (Å²) in [6, 6.07) is 20.3. The second-order valence-electron chi connectivity index (χ2n) is 18.1. The zero-order chi connectivity index (χ0) is 53.8. The molecule has 2 radical (unpaired) electrons. The molecule has 0 spiro atoms. The summed E-state index contributed by atoms with van der Waals surface area (Å²) in [6.45, 7) is 13.0. The second-order valence-corrected chi connectivity index (χ2v) is 18.1. The van der Waals surface area contributed by atoms with E-state index in [0.29, 0.717) is 0 Å². The Morgan fingerprint density at radius 1 is 0.284 bits per heavy atom. The van der Waals surface area contributed by atoms with Crippen LogP contribution >= 0.6 is 0 Å². The van der Waals surface area contributed by atoms with Crippen molar-refractivity contribution in [1.29, 1.82) is 0 Å². The van der Waals surface area contributed by atoms with E-state index in [1.807, 2.05) is 0 Å². The van der Waals surface area contributed by atoms with Gasteiger partial charge in [0.2, 0.25) is 0 Å². The first-order valence-electron chi connectivity index (χ1n) is 22.5. The number of fused-ring (bicyclic) bond motifs is 4. The SMILES string of the molecule is CC(C)C(C(=O)[O-])N1C(=O)c2ccccc2C1=O.CC(C)C(C(=O)[O-])N1C(=O)c2ccccc2C1=O.CC(C)C(C(=O)[O-])N1C(=O)c2ccccc2C1=O.CC(C)C(C(=O)[O-])N1C(=O)c2ccccc2C1=O.[Rh+2].[Rh+2]. The van der Waals surface area contributed by atoms with E-state index in [2.05, 4.69) is 0 Å². The average molecular weight is 1190 g/mol. The van der Waals surface area contributed by atoms with Crippen molar-refractivity contribution >= 4 is 71.1 Å². The maximum atomic E-state index is 12.1. The molecule has 22 heteroatoms. The fraction of sp³-hybridized carbons (Fsp3) is 0.308. The predicted octanol–water partition coefficient (Wildman–Crippen LogP) is 0.223. The first kappa shape index (κ1) is 60.9. The van der Waals surface area contributed by atoms with Gasteiger partial charge in [0, 0.05) is 0 Å². The molecular formula is C52H48N4O16Rh2. The van der Waals surface area contributed by atoms with Gasteiger partial charge < -0.3 is 39.6 Å². The second kappa shape index (κ2) is 25.0. The largest absolute Gasteiger partial charge is 2.00 e. The van der Waals surface area contributed by atoms with Gasteiger partial charge in [-0.3, -0.25) is 58.0 Å². The molecule has 0 fully saturated rings.